The molecule has 0 unspecified atom stereocenters. The second-order valence-electron chi connectivity index (χ2n) is 7.73. The van der Waals surface area contributed by atoms with Crippen molar-refractivity contribution >= 4 is 17.3 Å². The Hall–Kier alpha value is -3.42. The number of piperidine rings is 1. The quantitative estimate of drug-likeness (QED) is 0.542. The zero-order valence-corrected chi connectivity index (χ0v) is 18.1. The summed E-state index contributed by atoms with van der Waals surface area (Å²) in [4.78, 5) is 19.1. The SMILES string of the molecule is CCOc1ccc(-c2noc(CCC(=O)Nc3cc(F)ccc3N3CCCCC3)n2)cc1. The third-order valence-electron chi connectivity index (χ3n) is 5.39. The summed E-state index contributed by atoms with van der Waals surface area (Å²) in [5.74, 6) is 1.01. The van der Waals surface area contributed by atoms with Crippen LogP contribution in [0.15, 0.2) is 47.0 Å². The predicted molar refractivity (Wildman–Crippen MR) is 120 cm³/mol. The number of carbonyl (C=O) groups is 1. The van der Waals surface area contributed by atoms with Crippen molar-refractivity contribution in [3.05, 3.63) is 54.2 Å². The van der Waals surface area contributed by atoms with Gasteiger partial charge in [-0.05, 0) is 68.7 Å². The van der Waals surface area contributed by atoms with Gasteiger partial charge in [0.15, 0.2) is 0 Å². The fourth-order valence-electron chi connectivity index (χ4n) is 3.79. The first-order valence-corrected chi connectivity index (χ1v) is 11.0. The van der Waals surface area contributed by atoms with E-state index in [4.69, 9.17) is 9.26 Å². The molecule has 7 nitrogen and oxygen atoms in total. The van der Waals surface area contributed by atoms with Gasteiger partial charge in [0.05, 0.1) is 18.0 Å². The average Bonchev–Trinajstić information content (AvgIpc) is 3.28. The van der Waals surface area contributed by atoms with Crippen LogP contribution in [-0.4, -0.2) is 35.7 Å². The second-order valence-corrected chi connectivity index (χ2v) is 7.73. The second kappa shape index (κ2) is 10.3. The van der Waals surface area contributed by atoms with Crippen molar-refractivity contribution in [3.8, 4) is 17.1 Å². The molecule has 2 aromatic carbocycles. The van der Waals surface area contributed by atoms with Crippen LogP contribution in [0.2, 0.25) is 0 Å². The average molecular weight is 439 g/mol. The molecule has 0 aliphatic carbocycles. The molecule has 4 rings (SSSR count). The molecule has 1 amide bonds. The normalized spacial score (nSPS) is 13.8. The van der Waals surface area contributed by atoms with Gasteiger partial charge in [0.1, 0.15) is 11.6 Å². The number of hydrogen-bond acceptors (Lipinski definition) is 6. The Morgan fingerprint density at radius 3 is 2.69 bits per heavy atom. The molecule has 0 bridgehead atoms. The zero-order chi connectivity index (χ0) is 22.3. The Morgan fingerprint density at radius 1 is 1.16 bits per heavy atom. The molecule has 0 atom stereocenters. The molecule has 3 aromatic rings. The first-order valence-electron chi connectivity index (χ1n) is 11.0. The van der Waals surface area contributed by atoms with Crippen LogP contribution in [0, 0.1) is 5.82 Å². The maximum Gasteiger partial charge on any atom is 0.227 e. The molecule has 1 aliphatic heterocycles. The van der Waals surface area contributed by atoms with E-state index < -0.39 is 0 Å². The summed E-state index contributed by atoms with van der Waals surface area (Å²) >= 11 is 0. The minimum absolute atomic E-state index is 0.154. The number of benzene rings is 2. The molecule has 0 saturated carbocycles. The lowest BCUT2D eigenvalue weighted by Gasteiger charge is -2.30. The lowest BCUT2D eigenvalue weighted by Crippen LogP contribution is -2.30. The molecule has 2 heterocycles. The van der Waals surface area contributed by atoms with Crippen molar-refractivity contribution < 1.29 is 18.4 Å². The Kier molecular flexibility index (Phi) is 6.99. The summed E-state index contributed by atoms with van der Waals surface area (Å²) in [5.41, 5.74) is 2.16. The maximum absolute atomic E-state index is 13.8. The van der Waals surface area contributed by atoms with E-state index in [2.05, 4.69) is 20.4 Å². The number of hydrogen-bond donors (Lipinski definition) is 1. The number of aryl methyl sites for hydroxylation is 1. The lowest BCUT2D eigenvalue weighted by molar-refractivity contribution is -0.116. The highest BCUT2D eigenvalue weighted by Gasteiger charge is 2.17. The van der Waals surface area contributed by atoms with Crippen LogP contribution < -0.4 is 15.0 Å². The van der Waals surface area contributed by atoms with Gasteiger partial charge in [0.2, 0.25) is 17.6 Å². The minimum atomic E-state index is -0.377. The van der Waals surface area contributed by atoms with Crippen molar-refractivity contribution in [3.63, 3.8) is 0 Å². The standard InChI is InChI=1S/C24H27FN4O3/c1-2-31-19-9-6-17(7-10-19)24-27-23(32-28-24)13-12-22(30)26-20-16-18(25)8-11-21(20)29-14-4-3-5-15-29/h6-11,16H,2-5,12-15H2,1H3,(H,26,30). The summed E-state index contributed by atoms with van der Waals surface area (Å²) in [7, 11) is 0. The fourth-order valence-corrected chi connectivity index (χ4v) is 3.79. The highest BCUT2D eigenvalue weighted by molar-refractivity contribution is 5.94. The molecule has 1 fully saturated rings. The number of aromatic nitrogens is 2. The lowest BCUT2D eigenvalue weighted by atomic mass is 10.1. The number of nitrogens with one attached hydrogen (secondary N) is 1. The molecule has 0 spiro atoms. The molecule has 0 radical (unpaired) electrons. The molecule has 8 heteroatoms. The summed E-state index contributed by atoms with van der Waals surface area (Å²) in [6.45, 7) is 4.34. The van der Waals surface area contributed by atoms with E-state index >= 15 is 0 Å². The molecule has 32 heavy (non-hydrogen) atoms. The van der Waals surface area contributed by atoms with E-state index in [-0.39, 0.29) is 18.1 Å². The molecule has 1 aliphatic rings. The van der Waals surface area contributed by atoms with Crippen molar-refractivity contribution in [2.45, 2.75) is 39.0 Å². The van der Waals surface area contributed by atoms with Crippen molar-refractivity contribution in [1.29, 1.82) is 0 Å². The van der Waals surface area contributed by atoms with Gasteiger partial charge in [-0.25, -0.2) is 4.39 Å². The Bertz CT molecular complexity index is 1050. The van der Waals surface area contributed by atoms with Gasteiger partial charge in [0.25, 0.3) is 0 Å². The topological polar surface area (TPSA) is 80.5 Å². The number of ether oxygens (including phenoxy) is 1. The number of carbonyl (C=O) groups excluding carboxylic acids is 1. The van der Waals surface area contributed by atoms with Crippen LogP contribution in [0.1, 0.15) is 38.5 Å². The van der Waals surface area contributed by atoms with Crippen molar-refractivity contribution in [1.82, 2.24) is 10.1 Å². The van der Waals surface area contributed by atoms with Crippen molar-refractivity contribution in [2.75, 3.05) is 29.9 Å². The fraction of sp³-hybridized carbons (Fsp3) is 0.375. The first-order chi connectivity index (χ1) is 15.6. The van der Waals surface area contributed by atoms with E-state index in [0.29, 0.717) is 30.4 Å². The van der Waals surface area contributed by atoms with Gasteiger partial charge < -0.3 is 19.5 Å². The van der Waals surface area contributed by atoms with E-state index in [1.165, 1.54) is 18.6 Å². The summed E-state index contributed by atoms with van der Waals surface area (Å²) < 4.78 is 24.6. The van der Waals surface area contributed by atoms with Gasteiger partial charge >= 0.3 is 0 Å². The van der Waals surface area contributed by atoms with Gasteiger partial charge in [0, 0.05) is 31.5 Å². The van der Waals surface area contributed by atoms with Crippen LogP contribution in [0.3, 0.4) is 0 Å². The van der Waals surface area contributed by atoms with Gasteiger partial charge in [-0.3, -0.25) is 4.79 Å². The predicted octanol–water partition coefficient (Wildman–Crippen LogP) is 4.84. The van der Waals surface area contributed by atoms with Gasteiger partial charge in [-0.1, -0.05) is 5.16 Å². The highest BCUT2D eigenvalue weighted by atomic mass is 19.1. The molecule has 168 valence electrons. The van der Waals surface area contributed by atoms with E-state index in [0.717, 1.165) is 42.9 Å². The third kappa shape index (κ3) is 5.43. The van der Waals surface area contributed by atoms with Gasteiger partial charge in [-0.15, -0.1) is 0 Å². The van der Waals surface area contributed by atoms with Crippen LogP contribution >= 0.6 is 0 Å². The number of halogens is 1. The molecule has 1 aromatic heterocycles. The van der Waals surface area contributed by atoms with E-state index in [9.17, 15) is 9.18 Å². The molecular formula is C24H27FN4O3. The Balaban J connectivity index is 1.36. The van der Waals surface area contributed by atoms with Crippen LogP contribution in [0.4, 0.5) is 15.8 Å². The van der Waals surface area contributed by atoms with Crippen LogP contribution in [0.5, 0.6) is 5.75 Å². The van der Waals surface area contributed by atoms with Crippen LogP contribution in [0.25, 0.3) is 11.4 Å². The van der Waals surface area contributed by atoms with Gasteiger partial charge in [-0.2, -0.15) is 4.98 Å². The monoisotopic (exact) mass is 438 g/mol. The summed E-state index contributed by atoms with van der Waals surface area (Å²) in [6, 6.07) is 12.0. The smallest absolute Gasteiger partial charge is 0.227 e. The van der Waals surface area contributed by atoms with Crippen LogP contribution in [-0.2, 0) is 11.2 Å². The Morgan fingerprint density at radius 2 is 1.94 bits per heavy atom. The maximum atomic E-state index is 13.8. The molecule has 1 N–H and O–H groups in total. The Labute approximate surface area is 186 Å². The van der Waals surface area contributed by atoms with Crippen molar-refractivity contribution in [2.24, 2.45) is 0 Å². The first kappa shape index (κ1) is 21.8. The van der Waals surface area contributed by atoms with E-state index in [1.807, 2.05) is 31.2 Å². The van der Waals surface area contributed by atoms with E-state index in [1.54, 1.807) is 6.07 Å². The summed E-state index contributed by atoms with van der Waals surface area (Å²) in [5, 5.41) is 6.85. The largest absolute Gasteiger partial charge is 0.494 e. The number of rotatable bonds is 8. The molecular weight excluding hydrogens is 411 g/mol. The molecule has 1 saturated heterocycles. The number of amides is 1. The third-order valence-corrected chi connectivity index (χ3v) is 5.39. The number of anilines is 2. The number of nitrogens with zero attached hydrogens (tertiary/aromatic N) is 3. The zero-order valence-electron chi connectivity index (χ0n) is 18.1. The highest BCUT2D eigenvalue weighted by Crippen LogP contribution is 2.29. The minimum Gasteiger partial charge on any atom is -0.494 e. The summed E-state index contributed by atoms with van der Waals surface area (Å²) in [6.07, 6.45) is 3.84.